The van der Waals surface area contributed by atoms with Crippen LogP contribution in [0.4, 0.5) is 5.69 Å². The second kappa shape index (κ2) is 7.37. The predicted octanol–water partition coefficient (Wildman–Crippen LogP) is 3.97. The Labute approximate surface area is 168 Å². The van der Waals surface area contributed by atoms with Crippen LogP contribution in [0.3, 0.4) is 0 Å². The largest absolute Gasteiger partial charge is 0.313 e. The standard InChI is InChI=1S/C19H12N4O3S2/c24-19-22(14-6-2-1-3-7-14)18(27)16(28-19)10-13-11-20-21-17(13)12-5-4-8-15(9-12)23(25)26/h1-11,27H. The monoisotopic (exact) mass is 408 g/mol. The van der Waals surface area contributed by atoms with Gasteiger partial charge in [0, 0.05) is 23.3 Å². The van der Waals surface area contributed by atoms with E-state index >= 15 is 0 Å². The highest BCUT2D eigenvalue weighted by Gasteiger charge is 2.18. The molecule has 2 heterocycles. The molecule has 1 aliphatic heterocycles. The quantitative estimate of drug-likeness (QED) is 0.402. The summed E-state index contributed by atoms with van der Waals surface area (Å²) in [6.45, 7) is 0. The highest BCUT2D eigenvalue weighted by atomic mass is 32.1. The van der Waals surface area contributed by atoms with Gasteiger partial charge in [0.1, 0.15) is 5.71 Å². The van der Waals surface area contributed by atoms with Gasteiger partial charge in [-0.3, -0.25) is 19.5 Å². The summed E-state index contributed by atoms with van der Waals surface area (Å²) in [6.07, 6.45) is 3.32. The van der Waals surface area contributed by atoms with E-state index in [9.17, 15) is 14.9 Å². The number of benzene rings is 2. The summed E-state index contributed by atoms with van der Waals surface area (Å²) in [4.78, 5) is 23.5. The molecule has 0 saturated heterocycles. The average Bonchev–Trinajstić information content (AvgIpc) is 3.27. The van der Waals surface area contributed by atoms with Crippen LogP contribution in [-0.2, 0) is 0 Å². The van der Waals surface area contributed by atoms with E-state index in [0.717, 1.165) is 17.0 Å². The molecule has 0 unspecified atom stereocenters. The van der Waals surface area contributed by atoms with E-state index in [1.165, 1.54) is 16.7 Å². The van der Waals surface area contributed by atoms with Crippen LogP contribution in [0.15, 0.2) is 80.2 Å². The van der Waals surface area contributed by atoms with Crippen molar-refractivity contribution in [2.24, 2.45) is 10.2 Å². The molecule has 0 amide bonds. The third kappa shape index (κ3) is 3.32. The number of nitro groups is 1. The lowest BCUT2D eigenvalue weighted by Gasteiger charge is -2.04. The molecule has 0 saturated carbocycles. The molecule has 1 aliphatic rings. The predicted molar refractivity (Wildman–Crippen MR) is 113 cm³/mol. The zero-order valence-corrected chi connectivity index (χ0v) is 15.9. The van der Waals surface area contributed by atoms with Crippen LogP contribution in [-0.4, -0.2) is 21.4 Å². The van der Waals surface area contributed by atoms with Gasteiger partial charge in [0.2, 0.25) is 0 Å². The number of para-hydroxylation sites is 1. The molecule has 0 radical (unpaired) electrons. The summed E-state index contributed by atoms with van der Waals surface area (Å²) in [5.41, 5.74) is 2.43. The topological polar surface area (TPSA) is 89.9 Å². The van der Waals surface area contributed by atoms with Crippen molar-refractivity contribution in [3.8, 4) is 5.69 Å². The first-order valence-electron chi connectivity index (χ1n) is 8.13. The third-order valence-electron chi connectivity index (χ3n) is 4.07. The lowest BCUT2D eigenvalue weighted by molar-refractivity contribution is -0.384. The summed E-state index contributed by atoms with van der Waals surface area (Å²) in [7, 11) is 0. The van der Waals surface area contributed by atoms with Crippen LogP contribution in [0.5, 0.6) is 0 Å². The number of hydrogen-bond donors (Lipinski definition) is 1. The van der Waals surface area contributed by atoms with E-state index in [-0.39, 0.29) is 10.6 Å². The smallest absolute Gasteiger partial charge is 0.262 e. The number of allylic oxidation sites excluding steroid dienone is 1. The number of thiazole rings is 1. The van der Waals surface area contributed by atoms with E-state index in [1.54, 1.807) is 24.4 Å². The van der Waals surface area contributed by atoms with Gasteiger partial charge in [0.25, 0.3) is 5.69 Å². The first-order valence-corrected chi connectivity index (χ1v) is 9.39. The van der Waals surface area contributed by atoms with Crippen molar-refractivity contribution in [2.75, 3.05) is 0 Å². The molecule has 0 fully saturated rings. The summed E-state index contributed by atoms with van der Waals surface area (Å²) < 4.78 is 1.52. The van der Waals surface area contributed by atoms with Gasteiger partial charge in [-0.2, -0.15) is 5.10 Å². The van der Waals surface area contributed by atoms with Gasteiger partial charge >= 0.3 is 4.87 Å². The minimum atomic E-state index is -0.458. The lowest BCUT2D eigenvalue weighted by Crippen LogP contribution is -2.10. The highest BCUT2D eigenvalue weighted by Crippen LogP contribution is 2.26. The van der Waals surface area contributed by atoms with Crippen LogP contribution in [0.1, 0.15) is 10.4 Å². The number of non-ortho nitro benzene ring substituents is 1. The van der Waals surface area contributed by atoms with Crippen LogP contribution in [0.2, 0.25) is 0 Å². The second-order valence-electron chi connectivity index (χ2n) is 5.83. The maximum atomic E-state index is 12.5. The van der Waals surface area contributed by atoms with Crippen molar-refractivity contribution < 1.29 is 4.92 Å². The first kappa shape index (κ1) is 18.1. The van der Waals surface area contributed by atoms with Gasteiger partial charge in [-0.25, -0.2) is 0 Å². The molecule has 0 aliphatic carbocycles. The molecule has 138 valence electrons. The summed E-state index contributed by atoms with van der Waals surface area (Å²) in [6, 6.07) is 15.4. The first-order chi connectivity index (χ1) is 13.5. The fourth-order valence-electron chi connectivity index (χ4n) is 2.79. The summed E-state index contributed by atoms with van der Waals surface area (Å²) >= 11 is 5.59. The highest BCUT2D eigenvalue weighted by molar-refractivity contribution is 7.80. The van der Waals surface area contributed by atoms with E-state index in [1.807, 2.05) is 30.3 Å². The van der Waals surface area contributed by atoms with Crippen molar-refractivity contribution in [1.82, 2.24) is 4.57 Å². The average molecular weight is 408 g/mol. The Balaban J connectivity index is 1.75. The number of nitrogens with zero attached hydrogens (tertiary/aromatic N) is 4. The Morgan fingerprint density at radius 3 is 2.68 bits per heavy atom. The van der Waals surface area contributed by atoms with Gasteiger partial charge in [-0.05, 0) is 18.2 Å². The Morgan fingerprint density at radius 2 is 1.93 bits per heavy atom. The van der Waals surface area contributed by atoms with Gasteiger partial charge in [0.15, 0.2) is 0 Å². The molecule has 4 rings (SSSR count). The van der Waals surface area contributed by atoms with Crippen LogP contribution in [0.25, 0.3) is 11.8 Å². The maximum Gasteiger partial charge on any atom is 0.313 e. The van der Waals surface area contributed by atoms with Crippen molar-refractivity contribution in [3.63, 3.8) is 0 Å². The third-order valence-corrected chi connectivity index (χ3v) is 5.55. The molecule has 1 aromatic heterocycles. The van der Waals surface area contributed by atoms with E-state index < -0.39 is 4.92 Å². The van der Waals surface area contributed by atoms with Crippen molar-refractivity contribution in [1.29, 1.82) is 0 Å². The second-order valence-corrected chi connectivity index (χ2v) is 7.24. The molecule has 0 atom stereocenters. The van der Waals surface area contributed by atoms with Gasteiger partial charge < -0.3 is 0 Å². The van der Waals surface area contributed by atoms with Crippen LogP contribution >= 0.6 is 24.0 Å². The zero-order chi connectivity index (χ0) is 19.7. The molecule has 28 heavy (non-hydrogen) atoms. The van der Waals surface area contributed by atoms with E-state index in [0.29, 0.717) is 26.8 Å². The normalized spacial score (nSPS) is 14.5. The zero-order valence-electron chi connectivity index (χ0n) is 14.2. The Hall–Kier alpha value is -3.30. The fourth-order valence-corrected chi connectivity index (χ4v) is 4.11. The van der Waals surface area contributed by atoms with Crippen molar-refractivity contribution in [2.45, 2.75) is 5.03 Å². The Kier molecular flexibility index (Phi) is 4.76. The number of aromatic nitrogens is 1. The lowest BCUT2D eigenvalue weighted by atomic mass is 10.0. The van der Waals surface area contributed by atoms with Crippen LogP contribution < -0.4 is 4.87 Å². The summed E-state index contributed by atoms with van der Waals surface area (Å²) in [5.74, 6) is 0. The molecule has 7 nitrogen and oxygen atoms in total. The number of thiol groups is 1. The van der Waals surface area contributed by atoms with Gasteiger partial charge in [-0.1, -0.05) is 41.7 Å². The van der Waals surface area contributed by atoms with Gasteiger partial charge in [0.05, 0.1) is 26.7 Å². The molecule has 0 N–H and O–H groups in total. The van der Waals surface area contributed by atoms with E-state index in [2.05, 4.69) is 22.8 Å². The molecule has 9 heteroatoms. The van der Waals surface area contributed by atoms with E-state index in [4.69, 9.17) is 0 Å². The number of rotatable bonds is 4. The minimum absolute atomic E-state index is 0.0266. The fraction of sp³-hybridized carbons (Fsp3) is 0. The molecule has 0 spiro atoms. The molecule has 2 aromatic carbocycles. The van der Waals surface area contributed by atoms with Crippen molar-refractivity contribution in [3.05, 3.63) is 90.4 Å². The molecular formula is C19H12N4O3S2. The number of hydrogen-bond acceptors (Lipinski definition) is 7. The Bertz CT molecular complexity index is 1220. The molecule has 3 aromatic rings. The molecule has 0 bridgehead atoms. The van der Waals surface area contributed by atoms with Crippen molar-refractivity contribution >= 4 is 47.7 Å². The SMILES string of the molecule is O=c1sc(C=C2C=NN=C2c2cccc([N+](=O)[O-])c2)c(S)n1-c1ccccc1. The summed E-state index contributed by atoms with van der Waals surface area (Å²) in [5, 5.41) is 19.6. The minimum Gasteiger partial charge on any atom is -0.262 e. The van der Waals surface area contributed by atoms with Gasteiger partial charge in [-0.15, -0.1) is 17.7 Å². The van der Waals surface area contributed by atoms with Crippen LogP contribution in [0, 0.1) is 10.1 Å². The maximum absolute atomic E-state index is 12.5. The Morgan fingerprint density at radius 1 is 1.14 bits per heavy atom. The number of nitro benzene ring substituents is 1. The molecular weight excluding hydrogens is 396 g/mol.